The zero-order chi connectivity index (χ0) is 17.5. The van der Waals surface area contributed by atoms with Crippen LogP contribution in [-0.4, -0.2) is 47.5 Å². The third-order valence-electron chi connectivity index (χ3n) is 3.94. The molecule has 1 aromatic rings. The van der Waals surface area contributed by atoms with Crippen LogP contribution in [0.2, 0.25) is 0 Å². The van der Waals surface area contributed by atoms with Gasteiger partial charge in [-0.3, -0.25) is 9.79 Å². The molecule has 1 aliphatic carbocycles. The maximum atomic E-state index is 11.7. The molecule has 0 bridgehead atoms. The van der Waals surface area contributed by atoms with E-state index in [1.54, 1.807) is 0 Å². The molecule has 24 heavy (non-hydrogen) atoms. The second kappa shape index (κ2) is 9.11. The molecule has 6 nitrogen and oxygen atoms in total. The number of aliphatic imine (C=N–C) groups is 1. The number of halogens is 1. The topological polar surface area (TPSA) is 61.7 Å². The highest BCUT2D eigenvalue weighted by Gasteiger charge is 2.22. The lowest BCUT2D eigenvalue weighted by Crippen LogP contribution is -2.39. The van der Waals surface area contributed by atoms with Crippen LogP contribution >= 0.6 is 15.9 Å². The predicted octanol–water partition coefficient (Wildman–Crippen LogP) is 2.24. The van der Waals surface area contributed by atoms with Crippen molar-refractivity contribution in [3.05, 3.63) is 22.4 Å². The van der Waals surface area contributed by atoms with E-state index in [0.717, 1.165) is 42.8 Å². The average Bonchev–Trinajstić information content (AvgIpc) is 3.27. The summed E-state index contributed by atoms with van der Waals surface area (Å²) in [5, 5.41) is 6.32. The number of aryl methyl sites for hydroxylation is 1. The first-order chi connectivity index (χ1) is 11.5. The Bertz CT molecular complexity index is 580. The Kier molecular flexibility index (Phi) is 7.15. The molecule has 1 aliphatic rings. The minimum atomic E-state index is 0.153. The van der Waals surface area contributed by atoms with Crippen LogP contribution in [0.3, 0.4) is 0 Å². The number of hydrogen-bond acceptors (Lipinski definition) is 2. The third kappa shape index (κ3) is 6.19. The smallest absolute Gasteiger partial charge is 0.220 e. The summed E-state index contributed by atoms with van der Waals surface area (Å²) in [7, 11) is 4.07. The maximum absolute atomic E-state index is 11.7. The molecular formula is C17H28BrN5O. The summed E-state index contributed by atoms with van der Waals surface area (Å²) in [5.41, 5.74) is 1.21. The number of carbonyl (C=O) groups excluding carboxylic acids is 1. The summed E-state index contributed by atoms with van der Waals surface area (Å²) in [6.45, 7) is 4.31. The van der Waals surface area contributed by atoms with Crippen molar-refractivity contribution in [2.24, 2.45) is 12.0 Å². The van der Waals surface area contributed by atoms with Crippen molar-refractivity contribution >= 4 is 27.8 Å². The van der Waals surface area contributed by atoms with E-state index in [9.17, 15) is 4.79 Å². The predicted molar refractivity (Wildman–Crippen MR) is 101 cm³/mol. The molecule has 0 aromatic carbocycles. The van der Waals surface area contributed by atoms with Gasteiger partial charge >= 0.3 is 0 Å². The highest BCUT2D eigenvalue weighted by Crippen LogP contribution is 2.18. The van der Waals surface area contributed by atoms with Crippen LogP contribution in [0.25, 0.3) is 0 Å². The molecular weight excluding hydrogens is 370 g/mol. The summed E-state index contributed by atoms with van der Waals surface area (Å²) in [4.78, 5) is 18.4. The molecule has 1 fully saturated rings. The van der Waals surface area contributed by atoms with E-state index in [-0.39, 0.29) is 5.91 Å². The van der Waals surface area contributed by atoms with E-state index in [1.165, 1.54) is 5.69 Å². The first kappa shape index (κ1) is 18.8. The molecule has 0 unspecified atom stereocenters. The summed E-state index contributed by atoms with van der Waals surface area (Å²) < 4.78 is 3.18. The summed E-state index contributed by atoms with van der Waals surface area (Å²) >= 11 is 3.50. The van der Waals surface area contributed by atoms with Gasteiger partial charge in [0.2, 0.25) is 5.91 Å². The van der Waals surface area contributed by atoms with Crippen LogP contribution in [0.4, 0.5) is 0 Å². The second-order valence-corrected chi connectivity index (χ2v) is 7.21. The molecule has 134 valence electrons. The Morgan fingerprint density at radius 3 is 2.83 bits per heavy atom. The van der Waals surface area contributed by atoms with Gasteiger partial charge in [0.15, 0.2) is 5.96 Å². The molecule has 1 heterocycles. The number of amides is 1. The number of aromatic nitrogens is 1. The lowest BCUT2D eigenvalue weighted by atomic mass is 10.3. The molecule has 2 rings (SSSR count). The lowest BCUT2D eigenvalue weighted by molar-refractivity contribution is -0.121. The van der Waals surface area contributed by atoms with E-state index in [2.05, 4.69) is 54.0 Å². The average molecular weight is 398 g/mol. The number of hydrogen-bond donors (Lipinski definition) is 2. The molecule has 0 saturated heterocycles. The molecule has 2 N–H and O–H groups in total. The molecule has 0 atom stereocenters. The van der Waals surface area contributed by atoms with E-state index in [0.29, 0.717) is 19.0 Å². The van der Waals surface area contributed by atoms with Crippen molar-refractivity contribution in [1.29, 1.82) is 0 Å². The van der Waals surface area contributed by atoms with Gasteiger partial charge in [-0.15, -0.1) is 0 Å². The highest BCUT2D eigenvalue weighted by atomic mass is 79.9. The second-order valence-electron chi connectivity index (χ2n) is 6.30. The fraction of sp³-hybridized carbons (Fsp3) is 0.647. The standard InChI is InChI=1S/C17H28BrN5O/c1-4-19-17(20-9-5-6-16(24)21-14-7-8-14)23(3)12-15-10-13(18)11-22(15)2/h10-11,14H,4-9,12H2,1-3H3,(H,19,20)(H,21,24). The fourth-order valence-corrected chi connectivity index (χ4v) is 3.03. The maximum Gasteiger partial charge on any atom is 0.220 e. The van der Waals surface area contributed by atoms with Crippen LogP contribution in [-0.2, 0) is 18.4 Å². The van der Waals surface area contributed by atoms with Gasteiger partial charge in [0, 0.05) is 56.0 Å². The van der Waals surface area contributed by atoms with Crippen LogP contribution < -0.4 is 10.6 Å². The van der Waals surface area contributed by atoms with Gasteiger partial charge in [-0.2, -0.15) is 0 Å². The Morgan fingerprint density at radius 2 is 2.25 bits per heavy atom. The molecule has 1 amide bonds. The van der Waals surface area contributed by atoms with E-state index in [1.807, 2.05) is 20.3 Å². The van der Waals surface area contributed by atoms with Gasteiger partial charge in [0.1, 0.15) is 0 Å². The minimum Gasteiger partial charge on any atom is -0.357 e. The zero-order valence-electron chi connectivity index (χ0n) is 14.8. The van der Waals surface area contributed by atoms with Gasteiger partial charge in [0.05, 0.1) is 6.54 Å². The van der Waals surface area contributed by atoms with Crippen molar-refractivity contribution in [3.8, 4) is 0 Å². The molecule has 0 aliphatic heterocycles. The number of nitrogens with one attached hydrogen (secondary N) is 2. The quantitative estimate of drug-likeness (QED) is 0.401. The summed E-state index contributed by atoms with van der Waals surface area (Å²) in [6, 6.07) is 2.55. The zero-order valence-corrected chi connectivity index (χ0v) is 16.4. The van der Waals surface area contributed by atoms with Gasteiger partial charge in [-0.25, -0.2) is 0 Å². The van der Waals surface area contributed by atoms with Gasteiger partial charge in [-0.05, 0) is 48.2 Å². The first-order valence-corrected chi connectivity index (χ1v) is 9.38. The van der Waals surface area contributed by atoms with Crippen molar-refractivity contribution in [1.82, 2.24) is 20.1 Å². The summed E-state index contributed by atoms with van der Waals surface area (Å²) in [6.07, 6.45) is 5.64. The largest absolute Gasteiger partial charge is 0.357 e. The van der Waals surface area contributed by atoms with Gasteiger partial charge in [-0.1, -0.05) is 0 Å². The van der Waals surface area contributed by atoms with E-state index in [4.69, 9.17) is 0 Å². The van der Waals surface area contributed by atoms with Gasteiger partial charge in [0.25, 0.3) is 0 Å². The van der Waals surface area contributed by atoms with E-state index < -0.39 is 0 Å². The first-order valence-electron chi connectivity index (χ1n) is 8.59. The Morgan fingerprint density at radius 1 is 1.50 bits per heavy atom. The van der Waals surface area contributed by atoms with Crippen LogP contribution in [0.15, 0.2) is 21.7 Å². The van der Waals surface area contributed by atoms with Crippen LogP contribution in [0.1, 0.15) is 38.3 Å². The van der Waals surface area contributed by atoms with Crippen molar-refractivity contribution in [2.45, 2.75) is 45.2 Å². The molecule has 1 aromatic heterocycles. The Hall–Kier alpha value is -1.50. The monoisotopic (exact) mass is 397 g/mol. The van der Waals surface area contributed by atoms with Crippen LogP contribution in [0.5, 0.6) is 0 Å². The number of guanidine groups is 1. The van der Waals surface area contributed by atoms with Gasteiger partial charge < -0.3 is 20.1 Å². The SMILES string of the molecule is CCNC(=NCCCC(=O)NC1CC1)N(C)Cc1cc(Br)cn1C. The number of carbonyl (C=O) groups is 1. The number of nitrogens with zero attached hydrogens (tertiary/aromatic N) is 3. The van der Waals surface area contributed by atoms with Crippen LogP contribution in [0, 0.1) is 0 Å². The highest BCUT2D eigenvalue weighted by molar-refractivity contribution is 9.10. The lowest BCUT2D eigenvalue weighted by Gasteiger charge is -2.22. The molecule has 0 spiro atoms. The third-order valence-corrected chi connectivity index (χ3v) is 4.37. The fourth-order valence-electron chi connectivity index (χ4n) is 2.46. The van der Waals surface area contributed by atoms with Crippen molar-refractivity contribution in [2.75, 3.05) is 20.1 Å². The van der Waals surface area contributed by atoms with Crippen molar-refractivity contribution in [3.63, 3.8) is 0 Å². The molecule has 0 radical (unpaired) electrons. The minimum absolute atomic E-state index is 0.153. The Balaban J connectivity index is 1.81. The van der Waals surface area contributed by atoms with Crippen molar-refractivity contribution < 1.29 is 4.79 Å². The molecule has 7 heteroatoms. The molecule has 1 saturated carbocycles. The van der Waals surface area contributed by atoms with E-state index >= 15 is 0 Å². The Labute approximate surface area is 152 Å². The summed E-state index contributed by atoms with van der Waals surface area (Å²) in [5.74, 6) is 1.03. The number of rotatable bonds is 8. The normalized spacial score (nSPS) is 14.6.